The highest BCUT2D eigenvalue weighted by molar-refractivity contribution is 6.07. The molecule has 3 aliphatic heterocycles. The lowest BCUT2D eigenvalue weighted by Crippen LogP contribution is -2.57. The van der Waals surface area contributed by atoms with E-state index in [1.54, 1.807) is 24.1 Å². The van der Waals surface area contributed by atoms with Gasteiger partial charge in [-0.25, -0.2) is 19.8 Å². The summed E-state index contributed by atoms with van der Waals surface area (Å²) in [6.45, 7) is 1.70. The van der Waals surface area contributed by atoms with Gasteiger partial charge in [0.2, 0.25) is 18.6 Å². The number of hydrogen-bond donors (Lipinski definition) is 2. The number of hydrazone groups is 1. The predicted molar refractivity (Wildman–Crippen MR) is 223 cm³/mol. The van der Waals surface area contributed by atoms with Gasteiger partial charge in [0, 0.05) is 43.2 Å². The van der Waals surface area contributed by atoms with Crippen molar-refractivity contribution in [2.24, 2.45) is 22.9 Å². The smallest absolute Gasteiger partial charge is 0.413 e. The maximum absolute atomic E-state index is 14.1. The van der Waals surface area contributed by atoms with Gasteiger partial charge in [0.15, 0.2) is 28.7 Å². The average Bonchev–Trinajstić information content (AvgIpc) is 3.84. The number of hydrogen-bond acceptors (Lipinski definition) is 13. The van der Waals surface area contributed by atoms with Gasteiger partial charge in [0.1, 0.15) is 29.3 Å². The number of likely N-dealkylation sites (N-methyl/N-ethyl adjacent to an activating group) is 1. The summed E-state index contributed by atoms with van der Waals surface area (Å²) in [4.78, 5) is 57.5. The normalized spacial score (nSPS) is 20.6. The van der Waals surface area contributed by atoms with Gasteiger partial charge in [-0.1, -0.05) is 12.8 Å². The highest BCUT2D eigenvalue weighted by Crippen LogP contribution is 2.49. The summed E-state index contributed by atoms with van der Waals surface area (Å²) in [6, 6.07) is 8.39. The summed E-state index contributed by atoms with van der Waals surface area (Å²) in [5.74, 6) is 3.34. The van der Waals surface area contributed by atoms with Crippen molar-refractivity contribution in [2.45, 2.75) is 63.5 Å². The van der Waals surface area contributed by atoms with Gasteiger partial charge in [0.25, 0.3) is 0 Å². The van der Waals surface area contributed by atoms with Crippen molar-refractivity contribution in [3.05, 3.63) is 48.4 Å². The van der Waals surface area contributed by atoms with Gasteiger partial charge in [0.05, 0.1) is 43.7 Å². The van der Waals surface area contributed by atoms with Crippen molar-refractivity contribution in [3.63, 3.8) is 0 Å². The molecular formula is C44H52N8O9. The quantitative estimate of drug-likeness (QED) is 0.179. The van der Waals surface area contributed by atoms with Crippen molar-refractivity contribution < 1.29 is 42.8 Å². The number of aromatic nitrogens is 3. The number of carbonyl (C=O) groups excluding carboxylic acids is 3. The maximum Gasteiger partial charge on any atom is 0.413 e. The van der Waals surface area contributed by atoms with E-state index >= 15 is 0 Å². The fourth-order valence-electron chi connectivity index (χ4n) is 9.04. The molecule has 9 rings (SSSR count). The number of nitrogens with zero attached hydrogens (tertiary/aromatic N) is 6. The van der Waals surface area contributed by atoms with Crippen LogP contribution in [0.15, 0.2) is 48.0 Å². The van der Waals surface area contributed by atoms with E-state index in [0.29, 0.717) is 89.5 Å². The van der Waals surface area contributed by atoms with Crippen LogP contribution in [0.4, 0.5) is 4.79 Å². The molecule has 3 amide bonds. The number of benzene rings is 2. The number of ether oxygens (including phenoxy) is 6. The number of aromatic amines is 1. The zero-order valence-corrected chi connectivity index (χ0v) is 35.0. The van der Waals surface area contributed by atoms with Crippen LogP contribution in [0.3, 0.4) is 0 Å². The van der Waals surface area contributed by atoms with E-state index in [1.165, 1.54) is 12.5 Å². The molecule has 2 aromatic carbocycles. The highest BCUT2D eigenvalue weighted by atomic mass is 16.7. The SMILES string of the molecule is COc1ccc(C2=NN(C3CCN(C(=O)[C@H](CN(C)C)NC(=O)Oc4c[nH]c5c(-c6c(OCC7CC7)ccc7c6OCO7)ncnc45)CC3)C(=O)[C@@H]3CCCC[C@H]23)cc1OC. The Hall–Kier alpha value is -6.10. The van der Waals surface area contributed by atoms with Crippen molar-refractivity contribution in [3.8, 4) is 45.8 Å². The Kier molecular flexibility index (Phi) is 11.3. The van der Waals surface area contributed by atoms with Crippen LogP contribution in [0, 0.1) is 17.8 Å². The maximum atomic E-state index is 14.1. The summed E-state index contributed by atoms with van der Waals surface area (Å²) in [6.07, 6.45) is 9.26. The number of nitrogens with one attached hydrogen (secondary N) is 2. The first-order valence-corrected chi connectivity index (χ1v) is 21.1. The minimum absolute atomic E-state index is 0.0342. The van der Waals surface area contributed by atoms with Gasteiger partial charge in [-0.3, -0.25) is 9.59 Å². The second kappa shape index (κ2) is 17.1. The number of piperidine rings is 1. The summed E-state index contributed by atoms with van der Waals surface area (Å²) >= 11 is 0. The third-order valence-electron chi connectivity index (χ3n) is 12.4. The molecule has 17 heteroatoms. The molecule has 2 N–H and O–H groups in total. The molecule has 1 saturated heterocycles. The van der Waals surface area contributed by atoms with Crippen LogP contribution in [-0.4, -0.2) is 127 Å². The molecule has 2 aromatic heterocycles. The number of fused-ring (bicyclic) bond motifs is 3. The van der Waals surface area contributed by atoms with Gasteiger partial charge in [-0.2, -0.15) is 5.10 Å². The molecule has 2 saturated carbocycles. The molecule has 2 aliphatic carbocycles. The van der Waals surface area contributed by atoms with Crippen molar-refractivity contribution in [2.75, 3.05) is 61.3 Å². The van der Waals surface area contributed by atoms with E-state index in [4.69, 9.17) is 33.5 Å². The molecule has 17 nitrogen and oxygen atoms in total. The molecule has 61 heavy (non-hydrogen) atoms. The van der Waals surface area contributed by atoms with E-state index in [9.17, 15) is 14.4 Å². The number of likely N-dealkylation sites (tertiary alicyclic amines) is 1. The standard InChI is InChI=1S/C44H52N8O9/c1-50(2)21-30(48-44(55)61-35-20-45-40-38(35)46-23-47-39(40)36-32(58-22-25-9-10-25)13-14-33-41(36)60-24-59-33)43(54)51-17-15-27(16-18-51)52-42(53)29-8-6-5-7-28(29)37(49-52)26-11-12-31(56-3)34(19-26)57-4/h11-14,19-20,23,25,27-30,45H,5-10,15-18,21-22,24H2,1-4H3,(H,48,55)/t28-,29+,30-/m0/s1. The lowest BCUT2D eigenvalue weighted by atomic mass is 9.73. The molecular weight excluding hydrogens is 785 g/mol. The number of H-pyrrole nitrogens is 1. The van der Waals surface area contributed by atoms with Gasteiger partial charge < -0.3 is 48.5 Å². The van der Waals surface area contributed by atoms with E-state index in [-0.39, 0.29) is 48.8 Å². The first-order chi connectivity index (χ1) is 29.7. The van der Waals surface area contributed by atoms with E-state index < -0.39 is 12.1 Å². The van der Waals surface area contributed by atoms with Gasteiger partial charge in [-0.05, 0) is 88.9 Å². The topological polar surface area (TPSA) is 182 Å². The molecule has 0 radical (unpaired) electrons. The molecule has 0 bridgehead atoms. The van der Waals surface area contributed by atoms with Crippen LogP contribution < -0.4 is 33.7 Å². The zero-order valence-electron chi connectivity index (χ0n) is 35.0. The van der Waals surface area contributed by atoms with E-state index in [1.807, 2.05) is 49.3 Å². The summed E-state index contributed by atoms with van der Waals surface area (Å²) in [5.41, 5.74) is 3.81. The minimum atomic E-state index is -0.904. The van der Waals surface area contributed by atoms with Crippen LogP contribution in [0.5, 0.6) is 34.5 Å². The summed E-state index contributed by atoms with van der Waals surface area (Å²) < 4.78 is 34.7. The van der Waals surface area contributed by atoms with E-state index in [0.717, 1.165) is 49.8 Å². The number of amides is 3. The van der Waals surface area contributed by atoms with Gasteiger partial charge in [-0.15, -0.1) is 0 Å². The molecule has 3 atom stereocenters. The molecule has 4 aromatic rings. The third-order valence-corrected chi connectivity index (χ3v) is 12.4. The Balaban J connectivity index is 0.887. The second-order valence-corrected chi connectivity index (χ2v) is 16.7. The average molecular weight is 837 g/mol. The summed E-state index contributed by atoms with van der Waals surface area (Å²) in [5, 5.41) is 9.57. The van der Waals surface area contributed by atoms with Crippen LogP contribution in [0.1, 0.15) is 56.9 Å². The first-order valence-electron chi connectivity index (χ1n) is 21.1. The predicted octanol–water partition coefficient (Wildman–Crippen LogP) is 5.22. The fraction of sp³-hybridized carbons (Fsp3) is 0.500. The van der Waals surface area contributed by atoms with E-state index in [2.05, 4.69) is 20.3 Å². The Bertz CT molecular complexity index is 2340. The fourth-order valence-corrected chi connectivity index (χ4v) is 9.04. The molecule has 3 fully saturated rings. The van der Waals surface area contributed by atoms with Gasteiger partial charge >= 0.3 is 6.09 Å². The Morgan fingerprint density at radius 3 is 2.46 bits per heavy atom. The Morgan fingerprint density at radius 2 is 1.70 bits per heavy atom. The monoisotopic (exact) mass is 836 g/mol. The summed E-state index contributed by atoms with van der Waals surface area (Å²) in [7, 11) is 6.89. The van der Waals surface area contributed by atoms with Crippen molar-refractivity contribution >= 4 is 34.7 Å². The third kappa shape index (κ3) is 8.10. The number of rotatable bonds is 13. The van der Waals surface area contributed by atoms with Crippen LogP contribution in [0.25, 0.3) is 22.3 Å². The molecule has 5 aliphatic rings. The largest absolute Gasteiger partial charge is 0.493 e. The molecule has 322 valence electrons. The number of carbonyl (C=O) groups is 3. The van der Waals surface area contributed by atoms with Crippen LogP contribution in [0.2, 0.25) is 0 Å². The lowest BCUT2D eigenvalue weighted by molar-refractivity contribution is -0.143. The first kappa shape index (κ1) is 40.3. The second-order valence-electron chi connectivity index (χ2n) is 16.7. The van der Waals surface area contributed by atoms with Crippen LogP contribution >= 0.6 is 0 Å². The number of methoxy groups -OCH3 is 2. The Morgan fingerprint density at radius 1 is 0.934 bits per heavy atom. The Labute approximate surface area is 353 Å². The zero-order chi connectivity index (χ0) is 42.2. The lowest BCUT2D eigenvalue weighted by Gasteiger charge is -2.43. The minimum Gasteiger partial charge on any atom is -0.493 e. The molecule has 0 spiro atoms. The molecule has 5 heterocycles. The highest BCUT2D eigenvalue weighted by Gasteiger charge is 2.44. The van der Waals surface area contributed by atoms with Crippen molar-refractivity contribution in [1.82, 2.24) is 35.1 Å². The molecule has 0 unspecified atom stereocenters. The van der Waals surface area contributed by atoms with Crippen LogP contribution in [-0.2, 0) is 9.59 Å². The van der Waals surface area contributed by atoms with Crippen molar-refractivity contribution in [1.29, 1.82) is 0 Å².